The van der Waals surface area contributed by atoms with E-state index in [0.717, 1.165) is 12.0 Å². The minimum absolute atomic E-state index is 0.0104. The second-order valence-corrected chi connectivity index (χ2v) is 4.81. The molecule has 4 heteroatoms. The van der Waals surface area contributed by atoms with Crippen LogP contribution in [0.2, 0.25) is 0 Å². The number of amides is 1. The first-order valence-electron chi connectivity index (χ1n) is 6.49. The zero-order chi connectivity index (χ0) is 13.7. The average Bonchev–Trinajstić information content (AvgIpc) is 2.90. The molecule has 0 saturated heterocycles. The maximum Gasteiger partial charge on any atom is 0.220 e. The molecule has 0 saturated carbocycles. The summed E-state index contributed by atoms with van der Waals surface area (Å²) in [6.07, 6.45) is 4.80. The van der Waals surface area contributed by atoms with Crippen LogP contribution < -0.4 is 5.32 Å². The van der Waals surface area contributed by atoms with Crippen LogP contribution in [0.15, 0.2) is 36.7 Å². The summed E-state index contributed by atoms with van der Waals surface area (Å²) in [4.78, 5) is 11.9. The Morgan fingerprint density at radius 1 is 1.47 bits per heavy atom. The fourth-order valence-corrected chi connectivity index (χ4v) is 2.02. The molecule has 100 valence electrons. The fourth-order valence-electron chi connectivity index (χ4n) is 2.02. The van der Waals surface area contributed by atoms with Gasteiger partial charge in [0, 0.05) is 18.2 Å². The molecule has 4 nitrogen and oxygen atoms in total. The third-order valence-corrected chi connectivity index (χ3v) is 3.12. The fraction of sp³-hybridized carbons (Fsp3) is 0.333. The second-order valence-electron chi connectivity index (χ2n) is 4.81. The summed E-state index contributed by atoms with van der Waals surface area (Å²) in [5, 5.41) is 9.59. The van der Waals surface area contributed by atoms with Crippen molar-refractivity contribution in [2.24, 2.45) is 0 Å². The zero-order valence-electron chi connectivity index (χ0n) is 11.3. The first kappa shape index (κ1) is 13.3. The molecule has 1 aromatic heterocycles. The smallest absolute Gasteiger partial charge is 0.220 e. The number of aryl methyl sites for hydroxylation is 2. The van der Waals surface area contributed by atoms with E-state index in [1.165, 1.54) is 11.1 Å². The standard InChI is InChI=1S/C15H19N3O/c1-11-4-3-5-13(8-11)6-7-15(19)18-12(2)14-9-16-17-10-14/h3-5,8-10,12H,6-7H2,1-2H3,(H,16,17)(H,18,19). The van der Waals surface area contributed by atoms with Gasteiger partial charge in [0.05, 0.1) is 12.2 Å². The van der Waals surface area contributed by atoms with Gasteiger partial charge < -0.3 is 5.32 Å². The molecule has 1 heterocycles. The Bertz CT molecular complexity index is 534. The van der Waals surface area contributed by atoms with Crippen molar-refractivity contribution in [1.82, 2.24) is 15.5 Å². The maximum atomic E-state index is 11.9. The van der Waals surface area contributed by atoms with Gasteiger partial charge in [0.2, 0.25) is 5.91 Å². The summed E-state index contributed by atoms with van der Waals surface area (Å²) in [5.74, 6) is 0.0650. The van der Waals surface area contributed by atoms with Crippen LogP contribution in [0.5, 0.6) is 0 Å². The summed E-state index contributed by atoms with van der Waals surface area (Å²) >= 11 is 0. The van der Waals surface area contributed by atoms with Crippen molar-refractivity contribution in [3.05, 3.63) is 53.3 Å². The van der Waals surface area contributed by atoms with Crippen molar-refractivity contribution in [1.29, 1.82) is 0 Å². The third kappa shape index (κ3) is 3.95. The number of H-pyrrole nitrogens is 1. The average molecular weight is 257 g/mol. The number of carbonyl (C=O) groups excluding carboxylic acids is 1. The molecule has 1 unspecified atom stereocenters. The van der Waals surface area contributed by atoms with Gasteiger partial charge in [-0.05, 0) is 25.8 Å². The van der Waals surface area contributed by atoms with Crippen molar-refractivity contribution in [3.8, 4) is 0 Å². The van der Waals surface area contributed by atoms with E-state index in [2.05, 4.69) is 40.6 Å². The molecule has 0 spiro atoms. The monoisotopic (exact) mass is 257 g/mol. The molecule has 0 fully saturated rings. The van der Waals surface area contributed by atoms with Gasteiger partial charge in [0.1, 0.15) is 0 Å². The molecule has 2 rings (SSSR count). The Labute approximate surface area is 113 Å². The van der Waals surface area contributed by atoms with Crippen molar-refractivity contribution >= 4 is 5.91 Å². The van der Waals surface area contributed by atoms with E-state index < -0.39 is 0 Å². The molecular weight excluding hydrogens is 238 g/mol. The van der Waals surface area contributed by atoms with E-state index in [0.29, 0.717) is 6.42 Å². The molecule has 1 aromatic carbocycles. The van der Waals surface area contributed by atoms with Crippen LogP contribution >= 0.6 is 0 Å². The molecule has 0 bridgehead atoms. The van der Waals surface area contributed by atoms with E-state index in [9.17, 15) is 4.79 Å². The predicted molar refractivity (Wildman–Crippen MR) is 74.6 cm³/mol. The lowest BCUT2D eigenvalue weighted by molar-refractivity contribution is -0.121. The number of nitrogens with zero attached hydrogens (tertiary/aromatic N) is 1. The molecule has 19 heavy (non-hydrogen) atoms. The number of hydrogen-bond acceptors (Lipinski definition) is 2. The predicted octanol–water partition coefficient (Wildman–Crippen LogP) is 2.53. The van der Waals surface area contributed by atoms with Gasteiger partial charge in [-0.2, -0.15) is 5.10 Å². The summed E-state index contributed by atoms with van der Waals surface area (Å²) in [6, 6.07) is 8.25. The van der Waals surface area contributed by atoms with Gasteiger partial charge in [-0.1, -0.05) is 29.8 Å². The molecule has 0 aliphatic rings. The molecule has 0 radical (unpaired) electrons. The second kappa shape index (κ2) is 6.18. The zero-order valence-corrected chi connectivity index (χ0v) is 11.3. The van der Waals surface area contributed by atoms with Crippen molar-refractivity contribution in [3.63, 3.8) is 0 Å². The lowest BCUT2D eigenvalue weighted by Crippen LogP contribution is -2.26. The van der Waals surface area contributed by atoms with Gasteiger partial charge >= 0.3 is 0 Å². The first-order chi connectivity index (χ1) is 9.15. The normalized spacial score (nSPS) is 12.1. The molecular formula is C15H19N3O. The number of carbonyl (C=O) groups is 1. The van der Waals surface area contributed by atoms with Gasteiger partial charge in [0.15, 0.2) is 0 Å². The maximum absolute atomic E-state index is 11.9. The Morgan fingerprint density at radius 3 is 3.00 bits per heavy atom. The Balaban J connectivity index is 1.82. The summed E-state index contributed by atoms with van der Waals surface area (Å²) in [6.45, 7) is 4.01. The van der Waals surface area contributed by atoms with Crippen molar-refractivity contribution in [2.75, 3.05) is 0 Å². The highest BCUT2D eigenvalue weighted by molar-refractivity contribution is 5.76. The highest BCUT2D eigenvalue weighted by atomic mass is 16.1. The van der Waals surface area contributed by atoms with Gasteiger partial charge in [-0.25, -0.2) is 0 Å². The van der Waals surface area contributed by atoms with Crippen LogP contribution in [0, 0.1) is 6.92 Å². The number of benzene rings is 1. The minimum Gasteiger partial charge on any atom is -0.349 e. The molecule has 0 aliphatic carbocycles. The number of rotatable bonds is 5. The summed E-state index contributed by atoms with van der Waals surface area (Å²) in [5.41, 5.74) is 3.42. The Hall–Kier alpha value is -2.10. The highest BCUT2D eigenvalue weighted by Gasteiger charge is 2.10. The number of hydrogen-bond donors (Lipinski definition) is 2. The van der Waals surface area contributed by atoms with Crippen molar-refractivity contribution in [2.45, 2.75) is 32.7 Å². The number of nitrogens with one attached hydrogen (secondary N) is 2. The largest absolute Gasteiger partial charge is 0.349 e. The van der Waals surface area contributed by atoms with Crippen LogP contribution in [-0.2, 0) is 11.2 Å². The molecule has 0 aliphatic heterocycles. The van der Waals surface area contributed by atoms with E-state index in [1.807, 2.05) is 13.0 Å². The van der Waals surface area contributed by atoms with Crippen LogP contribution in [0.3, 0.4) is 0 Å². The Kier molecular flexibility index (Phi) is 4.34. The van der Waals surface area contributed by atoms with Crippen LogP contribution in [0.4, 0.5) is 0 Å². The van der Waals surface area contributed by atoms with Crippen LogP contribution in [0.1, 0.15) is 36.1 Å². The highest BCUT2D eigenvalue weighted by Crippen LogP contribution is 2.10. The van der Waals surface area contributed by atoms with Gasteiger partial charge in [0.25, 0.3) is 0 Å². The van der Waals surface area contributed by atoms with Gasteiger partial charge in [-0.15, -0.1) is 0 Å². The number of aromatic nitrogens is 2. The lowest BCUT2D eigenvalue weighted by atomic mass is 10.1. The molecule has 1 atom stereocenters. The quantitative estimate of drug-likeness (QED) is 0.864. The van der Waals surface area contributed by atoms with Crippen molar-refractivity contribution < 1.29 is 4.79 Å². The van der Waals surface area contributed by atoms with E-state index in [1.54, 1.807) is 12.4 Å². The van der Waals surface area contributed by atoms with E-state index in [-0.39, 0.29) is 11.9 Å². The van der Waals surface area contributed by atoms with Crippen LogP contribution in [0.25, 0.3) is 0 Å². The molecule has 2 N–H and O–H groups in total. The lowest BCUT2D eigenvalue weighted by Gasteiger charge is -2.12. The number of aromatic amines is 1. The van der Waals surface area contributed by atoms with E-state index in [4.69, 9.17) is 0 Å². The molecule has 1 amide bonds. The van der Waals surface area contributed by atoms with Gasteiger partial charge in [-0.3, -0.25) is 9.89 Å². The molecule has 2 aromatic rings. The summed E-state index contributed by atoms with van der Waals surface area (Å²) < 4.78 is 0. The third-order valence-electron chi connectivity index (χ3n) is 3.12. The topological polar surface area (TPSA) is 57.8 Å². The SMILES string of the molecule is Cc1cccc(CCC(=O)NC(C)c2cn[nH]c2)c1. The first-order valence-corrected chi connectivity index (χ1v) is 6.49. The minimum atomic E-state index is -0.0104. The summed E-state index contributed by atoms with van der Waals surface area (Å²) in [7, 11) is 0. The van der Waals surface area contributed by atoms with Crippen LogP contribution in [-0.4, -0.2) is 16.1 Å². The Morgan fingerprint density at radius 2 is 2.32 bits per heavy atom. The van der Waals surface area contributed by atoms with E-state index >= 15 is 0 Å².